The quantitative estimate of drug-likeness (QED) is 0.450. The van der Waals surface area contributed by atoms with Crippen molar-refractivity contribution in [1.29, 1.82) is 0 Å². The van der Waals surface area contributed by atoms with Crippen molar-refractivity contribution in [2.24, 2.45) is 17.2 Å². The molecule has 0 spiro atoms. The van der Waals surface area contributed by atoms with Crippen LogP contribution >= 0.6 is 54.5 Å². The number of primary amides is 3. The van der Waals surface area contributed by atoms with E-state index in [4.69, 9.17) is 22.9 Å². The number of urea groups is 1. The molecule has 2 heterocycles. The molecule has 8 nitrogen and oxygen atoms in total. The molecule has 0 aliphatic carbocycles. The van der Waals surface area contributed by atoms with Crippen molar-refractivity contribution < 1.29 is 14.4 Å². The third-order valence-corrected chi connectivity index (χ3v) is 5.46. The van der Waals surface area contributed by atoms with E-state index in [0.717, 1.165) is 15.1 Å². The van der Waals surface area contributed by atoms with E-state index in [1.54, 1.807) is 12.1 Å². The normalized spacial score (nSPS) is 9.65. The molecule has 23 heavy (non-hydrogen) atoms. The Labute approximate surface area is 155 Å². The van der Waals surface area contributed by atoms with Crippen molar-refractivity contribution in [2.45, 2.75) is 0 Å². The molecule has 2 rings (SSSR count). The Bertz CT molecular complexity index is 759. The van der Waals surface area contributed by atoms with Gasteiger partial charge in [-0.3, -0.25) is 9.59 Å². The van der Waals surface area contributed by atoms with E-state index in [1.807, 2.05) is 0 Å². The van der Waals surface area contributed by atoms with Gasteiger partial charge in [0.1, 0.15) is 9.75 Å². The summed E-state index contributed by atoms with van der Waals surface area (Å²) in [6.07, 6.45) is 0. The number of nitrogens with one attached hydrogen (secondary N) is 1. The highest BCUT2D eigenvalue weighted by Crippen LogP contribution is 2.30. The van der Waals surface area contributed by atoms with E-state index in [-0.39, 0.29) is 4.88 Å². The number of hydrogen-bond donors (Lipinski definition) is 5. The third-order valence-electron chi connectivity index (χ3n) is 2.14. The Morgan fingerprint density at radius 3 is 1.74 bits per heavy atom. The van der Waals surface area contributed by atoms with Crippen LogP contribution in [0, 0.1) is 0 Å². The van der Waals surface area contributed by atoms with E-state index < -0.39 is 17.8 Å². The summed E-state index contributed by atoms with van der Waals surface area (Å²) in [4.78, 5) is 32.6. The summed E-state index contributed by atoms with van der Waals surface area (Å²) in [6.45, 7) is 0. The first-order chi connectivity index (χ1) is 10.6. The van der Waals surface area contributed by atoms with Crippen molar-refractivity contribution in [3.8, 4) is 0 Å². The van der Waals surface area contributed by atoms with Crippen LogP contribution in [0.2, 0.25) is 0 Å². The first kappa shape index (κ1) is 19.4. The molecule has 124 valence electrons. The molecular weight excluding hydrogens is 474 g/mol. The number of nitrogen functional groups attached to an aromatic ring is 1. The molecular formula is C11H11Br2N5O3S2. The molecule has 4 amide bonds. The van der Waals surface area contributed by atoms with Crippen LogP contribution in [0.5, 0.6) is 0 Å². The van der Waals surface area contributed by atoms with Gasteiger partial charge in [0.25, 0.3) is 11.8 Å². The maximum Gasteiger partial charge on any atom is 0.316 e. The fraction of sp³-hybridized carbons (Fsp3) is 0. The second-order valence-corrected chi connectivity index (χ2v) is 8.71. The van der Waals surface area contributed by atoms with Crippen LogP contribution < -0.4 is 28.3 Å². The van der Waals surface area contributed by atoms with Gasteiger partial charge >= 0.3 is 6.03 Å². The summed E-state index contributed by atoms with van der Waals surface area (Å²) >= 11 is 8.72. The fourth-order valence-corrected chi connectivity index (χ4v) is 4.13. The van der Waals surface area contributed by atoms with E-state index in [0.29, 0.717) is 20.0 Å². The van der Waals surface area contributed by atoms with Gasteiger partial charge in [-0.2, -0.15) is 0 Å². The molecule has 0 aliphatic heterocycles. The average molecular weight is 485 g/mol. The summed E-state index contributed by atoms with van der Waals surface area (Å²) in [7, 11) is 0. The molecule has 0 radical (unpaired) electrons. The Balaban J connectivity index is 0.000000238. The molecule has 0 bridgehead atoms. The number of amides is 4. The predicted octanol–water partition coefficient (Wildman–Crippen LogP) is 2.29. The molecule has 0 aromatic carbocycles. The summed E-state index contributed by atoms with van der Waals surface area (Å²) in [5, 5.41) is 2.29. The summed E-state index contributed by atoms with van der Waals surface area (Å²) in [5.41, 5.74) is 21.1. The number of anilines is 2. The molecule has 0 atom stereocenters. The van der Waals surface area contributed by atoms with E-state index in [9.17, 15) is 14.4 Å². The number of hydrogen-bond acceptors (Lipinski definition) is 6. The second kappa shape index (κ2) is 8.29. The molecule has 0 saturated carbocycles. The molecule has 2 aromatic rings. The number of carbonyl (C=O) groups excluding carboxylic acids is 3. The smallest absolute Gasteiger partial charge is 0.316 e. The van der Waals surface area contributed by atoms with Crippen LogP contribution in [0.3, 0.4) is 0 Å². The van der Waals surface area contributed by atoms with Gasteiger partial charge in [0, 0.05) is 0 Å². The summed E-state index contributed by atoms with van der Waals surface area (Å²) < 4.78 is 1.52. The van der Waals surface area contributed by atoms with Gasteiger partial charge in [-0.25, -0.2) is 4.79 Å². The molecule has 9 N–H and O–H groups in total. The van der Waals surface area contributed by atoms with Crippen LogP contribution in [0.1, 0.15) is 19.3 Å². The Hall–Kier alpha value is -1.63. The van der Waals surface area contributed by atoms with Crippen LogP contribution in [-0.2, 0) is 0 Å². The number of rotatable bonds is 3. The van der Waals surface area contributed by atoms with Gasteiger partial charge in [0.15, 0.2) is 0 Å². The van der Waals surface area contributed by atoms with Crippen molar-refractivity contribution in [3.05, 3.63) is 29.5 Å². The predicted molar refractivity (Wildman–Crippen MR) is 98.7 cm³/mol. The minimum atomic E-state index is -0.729. The number of halogens is 2. The lowest BCUT2D eigenvalue weighted by Gasteiger charge is -1.98. The average Bonchev–Trinajstić information content (AvgIpc) is 2.92. The first-order valence-corrected chi connectivity index (χ1v) is 8.84. The number of thiophene rings is 2. The zero-order valence-electron chi connectivity index (χ0n) is 11.3. The van der Waals surface area contributed by atoms with Gasteiger partial charge < -0.3 is 28.3 Å². The van der Waals surface area contributed by atoms with E-state index in [1.165, 1.54) is 11.3 Å². The maximum absolute atomic E-state index is 10.8. The highest BCUT2D eigenvalue weighted by Gasteiger charge is 2.13. The lowest BCUT2D eigenvalue weighted by molar-refractivity contribution is 0.0996. The highest BCUT2D eigenvalue weighted by atomic mass is 79.9. The topological polar surface area (TPSA) is 167 Å². The van der Waals surface area contributed by atoms with Crippen LogP contribution in [0.25, 0.3) is 0 Å². The Morgan fingerprint density at radius 2 is 1.39 bits per heavy atom. The molecule has 12 heteroatoms. The van der Waals surface area contributed by atoms with Gasteiger partial charge in [-0.15, -0.1) is 22.7 Å². The molecule has 2 aromatic heterocycles. The summed E-state index contributed by atoms with van der Waals surface area (Å²) in [6, 6.07) is 2.49. The van der Waals surface area contributed by atoms with Crippen LogP contribution in [0.4, 0.5) is 16.2 Å². The minimum absolute atomic E-state index is 0.269. The van der Waals surface area contributed by atoms with Crippen molar-refractivity contribution in [1.82, 2.24) is 0 Å². The van der Waals surface area contributed by atoms with Crippen molar-refractivity contribution in [3.63, 3.8) is 0 Å². The maximum atomic E-state index is 10.8. The summed E-state index contributed by atoms with van der Waals surface area (Å²) in [5.74, 6) is -1.08. The van der Waals surface area contributed by atoms with Crippen molar-refractivity contribution in [2.75, 3.05) is 11.1 Å². The van der Waals surface area contributed by atoms with Crippen LogP contribution in [-0.4, -0.2) is 17.8 Å². The van der Waals surface area contributed by atoms with Gasteiger partial charge in [0.2, 0.25) is 0 Å². The monoisotopic (exact) mass is 483 g/mol. The minimum Gasteiger partial charge on any atom is -0.397 e. The lowest BCUT2D eigenvalue weighted by atomic mass is 10.4. The second-order valence-electron chi connectivity index (χ2n) is 3.85. The zero-order chi connectivity index (χ0) is 17.7. The fourth-order valence-electron chi connectivity index (χ4n) is 1.34. The lowest BCUT2D eigenvalue weighted by Crippen LogP contribution is -2.21. The van der Waals surface area contributed by atoms with Crippen LogP contribution in [0.15, 0.2) is 19.7 Å². The molecule has 0 aliphatic rings. The molecule has 0 fully saturated rings. The Kier molecular flexibility index (Phi) is 7.00. The highest BCUT2D eigenvalue weighted by molar-refractivity contribution is 9.11. The largest absolute Gasteiger partial charge is 0.397 e. The van der Waals surface area contributed by atoms with Gasteiger partial charge in [-0.1, -0.05) is 0 Å². The number of carbonyl (C=O) groups is 3. The molecule has 0 unspecified atom stereocenters. The first-order valence-electron chi connectivity index (χ1n) is 5.62. The third kappa shape index (κ3) is 5.82. The van der Waals surface area contributed by atoms with Crippen molar-refractivity contribution >= 4 is 83.8 Å². The Morgan fingerprint density at radius 1 is 0.913 bits per heavy atom. The molecule has 0 saturated heterocycles. The van der Waals surface area contributed by atoms with Gasteiger partial charge in [0.05, 0.1) is 18.9 Å². The standard InChI is InChI=1S/C6H6BrN3O2S.C5H5BrN2OS/c7-3-1-2(10-6(9)12)4(13-3)5(8)11;6-3-1-2(7)4(10-3)5(8)9/h1H,(H2,8,11)(H3,9,10,12);1H,7H2,(H2,8,9). The zero-order valence-corrected chi connectivity index (χ0v) is 16.1. The van der Waals surface area contributed by atoms with Gasteiger partial charge in [-0.05, 0) is 44.0 Å². The van der Waals surface area contributed by atoms with E-state index in [2.05, 4.69) is 37.2 Å². The SMILES string of the molecule is NC(=O)Nc1cc(Br)sc1C(N)=O.NC(=O)c1sc(Br)cc1N. The van der Waals surface area contributed by atoms with E-state index >= 15 is 0 Å². The number of nitrogens with two attached hydrogens (primary N) is 4.